The Kier molecular flexibility index (Phi) is 4.16. The lowest BCUT2D eigenvalue weighted by Gasteiger charge is -2.06. The van der Waals surface area contributed by atoms with Gasteiger partial charge < -0.3 is 0 Å². The molecule has 0 N–H and O–H groups in total. The molecule has 1 heterocycles. The SMILES string of the molecule is N#C/C(=C(\Cl)c1cccc(F)c1Cl)c1ccncc1. The Balaban J connectivity index is 2.63. The van der Waals surface area contributed by atoms with Gasteiger partial charge in [0.15, 0.2) is 0 Å². The number of aromatic nitrogens is 1. The molecule has 1 aromatic carbocycles. The standard InChI is InChI=1S/C14H7Cl2FN2/c15-13(10-2-1-3-12(17)14(10)16)11(8-18)9-4-6-19-7-5-9/h1-7H/b13-11+. The molecule has 0 aliphatic carbocycles. The molecule has 0 unspecified atom stereocenters. The van der Waals surface area contributed by atoms with Crippen molar-refractivity contribution in [1.29, 1.82) is 5.26 Å². The molecule has 0 bridgehead atoms. The summed E-state index contributed by atoms with van der Waals surface area (Å²) < 4.78 is 13.4. The van der Waals surface area contributed by atoms with Crippen LogP contribution >= 0.6 is 23.2 Å². The number of halogens is 3. The Hall–Kier alpha value is -1.89. The van der Waals surface area contributed by atoms with Gasteiger partial charge in [0.05, 0.1) is 15.6 Å². The number of allylic oxidation sites excluding steroid dienone is 1. The van der Waals surface area contributed by atoms with Gasteiger partial charge in [0.2, 0.25) is 0 Å². The molecule has 0 amide bonds. The van der Waals surface area contributed by atoms with Gasteiger partial charge in [-0.3, -0.25) is 4.98 Å². The van der Waals surface area contributed by atoms with Crippen LogP contribution in [0.15, 0.2) is 42.7 Å². The molecule has 2 nitrogen and oxygen atoms in total. The molecular weight excluding hydrogens is 286 g/mol. The molecule has 0 spiro atoms. The van der Waals surface area contributed by atoms with Crippen LogP contribution in [0.1, 0.15) is 11.1 Å². The third-order valence-corrected chi connectivity index (χ3v) is 3.27. The lowest BCUT2D eigenvalue weighted by molar-refractivity contribution is 0.628. The molecule has 1 aromatic heterocycles. The fraction of sp³-hybridized carbons (Fsp3) is 0. The van der Waals surface area contributed by atoms with Gasteiger partial charge in [-0.15, -0.1) is 0 Å². The van der Waals surface area contributed by atoms with E-state index in [1.807, 2.05) is 6.07 Å². The summed E-state index contributed by atoms with van der Waals surface area (Å²) in [6, 6.07) is 9.58. The van der Waals surface area contributed by atoms with Crippen molar-refractivity contribution in [1.82, 2.24) is 4.98 Å². The average Bonchev–Trinajstić information content (AvgIpc) is 2.44. The second-order valence-electron chi connectivity index (χ2n) is 3.64. The second-order valence-corrected chi connectivity index (χ2v) is 4.39. The number of pyridine rings is 1. The monoisotopic (exact) mass is 292 g/mol. The predicted octanol–water partition coefficient (Wildman–Crippen LogP) is 4.50. The zero-order chi connectivity index (χ0) is 13.8. The number of rotatable bonds is 2. The fourth-order valence-electron chi connectivity index (χ4n) is 1.57. The van der Waals surface area contributed by atoms with Gasteiger partial charge in [-0.25, -0.2) is 4.39 Å². The Morgan fingerprint density at radius 3 is 2.53 bits per heavy atom. The predicted molar refractivity (Wildman–Crippen MR) is 73.9 cm³/mol. The highest BCUT2D eigenvalue weighted by molar-refractivity contribution is 6.54. The highest BCUT2D eigenvalue weighted by Gasteiger charge is 2.14. The first-order chi connectivity index (χ1) is 9.15. The van der Waals surface area contributed by atoms with Crippen LogP contribution in [-0.2, 0) is 0 Å². The maximum atomic E-state index is 13.4. The Bertz CT molecular complexity index is 676. The zero-order valence-electron chi connectivity index (χ0n) is 9.57. The van der Waals surface area contributed by atoms with Crippen LogP contribution in [0.5, 0.6) is 0 Å². The quantitative estimate of drug-likeness (QED) is 0.764. The van der Waals surface area contributed by atoms with Crippen molar-refractivity contribution in [2.24, 2.45) is 0 Å². The van der Waals surface area contributed by atoms with Crippen LogP contribution in [0.25, 0.3) is 10.6 Å². The number of nitrogens with zero attached hydrogens (tertiary/aromatic N) is 2. The molecule has 0 radical (unpaired) electrons. The van der Waals surface area contributed by atoms with Crippen molar-refractivity contribution in [3.05, 3.63) is 64.7 Å². The van der Waals surface area contributed by atoms with Gasteiger partial charge in [-0.2, -0.15) is 5.26 Å². The van der Waals surface area contributed by atoms with Crippen LogP contribution in [0.3, 0.4) is 0 Å². The first-order valence-electron chi connectivity index (χ1n) is 5.29. The maximum Gasteiger partial charge on any atom is 0.142 e. The van der Waals surface area contributed by atoms with Gasteiger partial charge in [0.25, 0.3) is 0 Å². The molecule has 0 aliphatic heterocycles. The lowest BCUT2D eigenvalue weighted by atomic mass is 10.0. The molecule has 19 heavy (non-hydrogen) atoms. The van der Waals surface area contributed by atoms with Crippen molar-refractivity contribution >= 4 is 33.8 Å². The minimum atomic E-state index is -0.579. The van der Waals surface area contributed by atoms with Crippen LogP contribution in [0.4, 0.5) is 4.39 Å². The van der Waals surface area contributed by atoms with Gasteiger partial charge in [0.1, 0.15) is 11.9 Å². The summed E-state index contributed by atoms with van der Waals surface area (Å²) in [5.41, 5.74) is 1.11. The normalized spacial score (nSPS) is 11.7. The molecule has 94 valence electrons. The highest BCUT2D eigenvalue weighted by atomic mass is 35.5. The van der Waals surface area contributed by atoms with Crippen LogP contribution in [-0.4, -0.2) is 4.98 Å². The number of nitriles is 1. The largest absolute Gasteiger partial charge is 0.265 e. The first-order valence-corrected chi connectivity index (χ1v) is 6.05. The van der Waals surface area contributed by atoms with E-state index in [1.54, 1.807) is 30.6 Å². The molecule has 0 aliphatic rings. The van der Waals surface area contributed by atoms with Gasteiger partial charge >= 0.3 is 0 Å². The second kappa shape index (κ2) is 5.83. The molecule has 2 rings (SSSR count). The summed E-state index contributed by atoms with van der Waals surface area (Å²) in [5, 5.41) is 9.23. The molecule has 0 saturated heterocycles. The molecule has 0 atom stereocenters. The van der Waals surface area contributed by atoms with E-state index in [9.17, 15) is 9.65 Å². The Morgan fingerprint density at radius 1 is 1.21 bits per heavy atom. The molecular formula is C14H7Cl2FN2. The number of benzene rings is 1. The highest BCUT2D eigenvalue weighted by Crippen LogP contribution is 2.34. The van der Waals surface area contributed by atoms with E-state index in [4.69, 9.17) is 23.2 Å². The van der Waals surface area contributed by atoms with E-state index in [1.165, 1.54) is 12.1 Å². The molecule has 0 saturated carbocycles. The van der Waals surface area contributed by atoms with Crippen LogP contribution in [0.2, 0.25) is 5.02 Å². The topological polar surface area (TPSA) is 36.7 Å². The molecule has 2 aromatic rings. The molecule has 0 fully saturated rings. The van der Waals surface area contributed by atoms with Crippen molar-refractivity contribution in [2.45, 2.75) is 0 Å². The van der Waals surface area contributed by atoms with Crippen molar-refractivity contribution < 1.29 is 4.39 Å². The van der Waals surface area contributed by atoms with Gasteiger partial charge in [0, 0.05) is 18.0 Å². The van der Waals surface area contributed by atoms with E-state index in [-0.39, 0.29) is 21.2 Å². The summed E-state index contributed by atoms with van der Waals surface area (Å²) in [5.74, 6) is -0.579. The van der Waals surface area contributed by atoms with Crippen molar-refractivity contribution in [2.75, 3.05) is 0 Å². The number of hydrogen-bond acceptors (Lipinski definition) is 2. The Labute approximate surface area is 119 Å². The third kappa shape index (κ3) is 2.76. The van der Waals surface area contributed by atoms with E-state index in [0.29, 0.717) is 5.56 Å². The third-order valence-electron chi connectivity index (χ3n) is 2.49. The van der Waals surface area contributed by atoms with Gasteiger partial charge in [-0.05, 0) is 23.8 Å². The fourth-order valence-corrected chi connectivity index (χ4v) is 2.14. The smallest absolute Gasteiger partial charge is 0.142 e. The maximum absolute atomic E-state index is 13.4. The van der Waals surface area contributed by atoms with Crippen LogP contribution < -0.4 is 0 Å². The van der Waals surface area contributed by atoms with E-state index in [0.717, 1.165) is 0 Å². The van der Waals surface area contributed by atoms with Crippen molar-refractivity contribution in [3.8, 4) is 6.07 Å². The molecule has 5 heteroatoms. The number of hydrogen-bond donors (Lipinski definition) is 0. The van der Waals surface area contributed by atoms with E-state index >= 15 is 0 Å². The van der Waals surface area contributed by atoms with Crippen LogP contribution in [0, 0.1) is 17.1 Å². The first kappa shape index (κ1) is 13.5. The summed E-state index contributed by atoms with van der Waals surface area (Å²) in [4.78, 5) is 3.86. The average molecular weight is 293 g/mol. The van der Waals surface area contributed by atoms with Gasteiger partial charge in [-0.1, -0.05) is 35.3 Å². The van der Waals surface area contributed by atoms with Crippen molar-refractivity contribution in [3.63, 3.8) is 0 Å². The minimum Gasteiger partial charge on any atom is -0.265 e. The Morgan fingerprint density at radius 2 is 1.89 bits per heavy atom. The zero-order valence-corrected chi connectivity index (χ0v) is 11.1. The van der Waals surface area contributed by atoms with E-state index < -0.39 is 5.82 Å². The summed E-state index contributed by atoms with van der Waals surface area (Å²) in [7, 11) is 0. The summed E-state index contributed by atoms with van der Waals surface area (Å²) in [6.45, 7) is 0. The van der Waals surface area contributed by atoms with E-state index in [2.05, 4.69) is 4.98 Å². The summed E-state index contributed by atoms with van der Waals surface area (Å²) >= 11 is 12.0. The summed E-state index contributed by atoms with van der Waals surface area (Å²) in [6.07, 6.45) is 3.09. The minimum absolute atomic E-state index is 0.102. The lowest BCUT2D eigenvalue weighted by Crippen LogP contribution is -1.89.